The number of benzene rings is 2. The van der Waals surface area contributed by atoms with Crippen LogP contribution in [0.15, 0.2) is 48.8 Å². The average molecular weight is 339 g/mol. The molecule has 3 rings (SSSR count). The number of amides is 1. The molecule has 0 aliphatic heterocycles. The van der Waals surface area contributed by atoms with Gasteiger partial charge in [-0.2, -0.15) is 0 Å². The lowest BCUT2D eigenvalue weighted by molar-refractivity contribution is -0.119. The number of carbonyl (C=O) groups excluding carboxylic acids is 2. The molecule has 0 unspecified atom stereocenters. The Balaban J connectivity index is 1.59. The van der Waals surface area contributed by atoms with Gasteiger partial charge in [-0.25, -0.2) is 9.78 Å². The highest BCUT2D eigenvalue weighted by molar-refractivity contribution is 5.97. The van der Waals surface area contributed by atoms with Crippen LogP contribution in [0.3, 0.4) is 0 Å². The van der Waals surface area contributed by atoms with Crippen molar-refractivity contribution in [1.29, 1.82) is 0 Å². The van der Waals surface area contributed by atoms with Crippen LogP contribution in [0.4, 0.5) is 5.69 Å². The second kappa shape index (κ2) is 7.48. The van der Waals surface area contributed by atoms with Crippen molar-refractivity contribution in [2.45, 2.75) is 6.92 Å². The predicted octanol–water partition coefficient (Wildman–Crippen LogP) is 2.76. The molecule has 2 aromatic carbocycles. The molecule has 7 nitrogen and oxygen atoms in total. The van der Waals surface area contributed by atoms with Gasteiger partial charge in [-0.1, -0.05) is 12.1 Å². The van der Waals surface area contributed by atoms with Gasteiger partial charge in [0.1, 0.15) is 5.75 Å². The van der Waals surface area contributed by atoms with Gasteiger partial charge in [0.05, 0.1) is 35.2 Å². The summed E-state index contributed by atoms with van der Waals surface area (Å²) in [5, 5.41) is 2.67. The Morgan fingerprint density at radius 2 is 2.04 bits per heavy atom. The number of aromatic amines is 1. The van der Waals surface area contributed by atoms with Crippen LogP contribution in [0.5, 0.6) is 5.75 Å². The number of fused-ring (bicyclic) bond motifs is 1. The summed E-state index contributed by atoms with van der Waals surface area (Å²) < 4.78 is 10.5. The summed E-state index contributed by atoms with van der Waals surface area (Å²) in [5.41, 5.74) is 2.36. The summed E-state index contributed by atoms with van der Waals surface area (Å²) in [6, 6.07) is 12.0. The summed E-state index contributed by atoms with van der Waals surface area (Å²) in [7, 11) is 0. The molecule has 0 aliphatic rings. The van der Waals surface area contributed by atoms with Crippen molar-refractivity contribution in [2.75, 3.05) is 18.5 Å². The van der Waals surface area contributed by atoms with Gasteiger partial charge >= 0.3 is 5.97 Å². The number of nitrogens with one attached hydrogen (secondary N) is 2. The van der Waals surface area contributed by atoms with Crippen LogP contribution in [0.1, 0.15) is 17.3 Å². The summed E-state index contributed by atoms with van der Waals surface area (Å²) >= 11 is 0. The molecule has 0 bridgehead atoms. The number of esters is 1. The number of aromatic nitrogens is 2. The Morgan fingerprint density at radius 3 is 2.88 bits per heavy atom. The Kier molecular flexibility index (Phi) is 4.94. The minimum atomic E-state index is -0.579. The first kappa shape index (κ1) is 16.5. The summed E-state index contributed by atoms with van der Waals surface area (Å²) in [6.07, 6.45) is 1.54. The van der Waals surface area contributed by atoms with Gasteiger partial charge in [-0.05, 0) is 37.3 Å². The quantitative estimate of drug-likeness (QED) is 0.674. The zero-order valence-corrected chi connectivity index (χ0v) is 13.6. The molecule has 0 radical (unpaired) electrons. The first-order valence-electron chi connectivity index (χ1n) is 7.79. The van der Waals surface area contributed by atoms with E-state index in [-0.39, 0.29) is 6.61 Å². The third-order valence-corrected chi connectivity index (χ3v) is 3.45. The lowest BCUT2D eigenvalue weighted by Crippen LogP contribution is -2.21. The number of imidazole rings is 1. The maximum atomic E-state index is 12.1. The van der Waals surface area contributed by atoms with E-state index < -0.39 is 11.9 Å². The fraction of sp³-hybridized carbons (Fsp3) is 0.167. The summed E-state index contributed by atoms with van der Waals surface area (Å²) in [5.74, 6) is -0.456. The lowest BCUT2D eigenvalue weighted by atomic mass is 10.2. The van der Waals surface area contributed by atoms with E-state index in [2.05, 4.69) is 15.3 Å². The molecule has 0 saturated heterocycles. The zero-order chi connectivity index (χ0) is 17.6. The number of para-hydroxylation sites is 2. The van der Waals surface area contributed by atoms with Crippen molar-refractivity contribution in [3.63, 3.8) is 0 Å². The van der Waals surface area contributed by atoms with Crippen LogP contribution >= 0.6 is 0 Å². The Morgan fingerprint density at radius 1 is 1.20 bits per heavy atom. The smallest absolute Gasteiger partial charge is 0.338 e. The van der Waals surface area contributed by atoms with Gasteiger partial charge in [0.25, 0.3) is 5.91 Å². The number of nitrogens with zero attached hydrogens (tertiary/aromatic N) is 1. The van der Waals surface area contributed by atoms with Gasteiger partial charge in [-0.3, -0.25) is 4.79 Å². The van der Waals surface area contributed by atoms with Crippen molar-refractivity contribution < 1.29 is 19.1 Å². The SMILES string of the molecule is CCOc1ccccc1NC(=O)COC(=O)c1ccc2nc[nH]c2c1. The number of H-pyrrole nitrogens is 1. The monoisotopic (exact) mass is 339 g/mol. The maximum absolute atomic E-state index is 12.1. The molecule has 128 valence electrons. The Bertz CT molecular complexity index is 904. The second-order valence-corrected chi connectivity index (χ2v) is 5.19. The van der Waals surface area contributed by atoms with Crippen LogP contribution < -0.4 is 10.1 Å². The van der Waals surface area contributed by atoms with E-state index in [1.807, 2.05) is 13.0 Å². The van der Waals surface area contributed by atoms with Crippen molar-refractivity contribution in [2.24, 2.45) is 0 Å². The molecule has 2 N–H and O–H groups in total. The van der Waals surface area contributed by atoms with Crippen LogP contribution in [-0.4, -0.2) is 35.1 Å². The normalized spacial score (nSPS) is 10.4. The molecule has 0 saturated carbocycles. The average Bonchev–Trinajstić information content (AvgIpc) is 3.09. The topological polar surface area (TPSA) is 93.3 Å². The third kappa shape index (κ3) is 3.95. The van der Waals surface area contributed by atoms with Gasteiger partial charge in [0.2, 0.25) is 0 Å². The number of hydrogen-bond acceptors (Lipinski definition) is 5. The van der Waals surface area contributed by atoms with Crippen LogP contribution in [0.2, 0.25) is 0 Å². The third-order valence-electron chi connectivity index (χ3n) is 3.45. The molecule has 1 aromatic heterocycles. The Labute approximate surface area is 144 Å². The zero-order valence-electron chi connectivity index (χ0n) is 13.6. The highest BCUT2D eigenvalue weighted by Crippen LogP contribution is 2.23. The van der Waals surface area contributed by atoms with E-state index in [0.29, 0.717) is 23.6 Å². The lowest BCUT2D eigenvalue weighted by Gasteiger charge is -2.11. The second-order valence-electron chi connectivity index (χ2n) is 5.19. The molecule has 1 amide bonds. The van der Waals surface area contributed by atoms with Gasteiger partial charge in [0, 0.05) is 0 Å². The standard InChI is InChI=1S/C18H17N3O4/c1-2-24-16-6-4-3-5-14(16)21-17(22)10-25-18(23)12-7-8-13-15(9-12)20-11-19-13/h3-9,11H,2,10H2,1H3,(H,19,20)(H,21,22). The summed E-state index contributed by atoms with van der Waals surface area (Å²) in [6.45, 7) is 1.95. The predicted molar refractivity (Wildman–Crippen MR) is 92.6 cm³/mol. The minimum Gasteiger partial charge on any atom is -0.492 e. The van der Waals surface area contributed by atoms with E-state index >= 15 is 0 Å². The van der Waals surface area contributed by atoms with Crippen LogP contribution in [-0.2, 0) is 9.53 Å². The number of hydrogen-bond donors (Lipinski definition) is 2. The van der Waals surface area contributed by atoms with E-state index in [0.717, 1.165) is 11.0 Å². The fourth-order valence-corrected chi connectivity index (χ4v) is 2.31. The molecule has 0 atom stereocenters. The van der Waals surface area contributed by atoms with Crippen LogP contribution in [0.25, 0.3) is 11.0 Å². The first-order chi connectivity index (χ1) is 12.2. The molecular formula is C18H17N3O4. The van der Waals surface area contributed by atoms with E-state index in [9.17, 15) is 9.59 Å². The maximum Gasteiger partial charge on any atom is 0.338 e. The first-order valence-corrected chi connectivity index (χ1v) is 7.79. The molecule has 7 heteroatoms. The molecule has 25 heavy (non-hydrogen) atoms. The number of ether oxygens (including phenoxy) is 2. The molecular weight excluding hydrogens is 322 g/mol. The highest BCUT2D eigenvalue weighted by atomic mass is 16.5. The van der Waals surface area contributed by atoms with E-state index in [1.165, 1.54) is 0 Å². The van der Waals surface area contributed by atoms with Crippen LogP contribution in [0, 0.1) is 0 Å². The molecule has 3 aromatic rings. The van der Waals surface area contributed by atoms with Gasteiger partial charge in [-0.15, -0.1) is 0 Å². The van der Waals surface area contributed by atoms with Gasteiger partial charge < -0.3 is 19.8 Å². The number of carbonyl (C=O) groups is 2. The molecule has 0 spiro atoms. The van der Waals surface area contributed by atoms with Crippen molar-refractivity contribution in [1.82, 2.24) is 9.97 Å². The van der Waals surface area contributed by atoms with Gasteiger partial charge in [0.15, 0.2) is 6.61 Å². The highest BCUT2D eigenvalue weighted by Gasteiger charge is 2.13. The minimum absolute atomic E-state index is 0.347. The molecule has 1 heterocycles. The van der Waals surface area contributed by atoms with Crippen molar-refractivity contribution >= 4 is 28.6 Å². The van der Waals surface area contributed by atoms with E-state index in [1.54, 1.807) is 42.7 Å². The number of anilines is 1. The molecule has 0 fully saturated rings. The van der Waals surface area contributed by atoms with Crippen molar-refractivity contribution in [3.8, 4) is 5.75 Å². The van der Waals surface area contributed by atoms with E-state index in [4.69, 9.17) is 9.47 Å². The largest absolute Gasteiger partial charge is 0.492 e. The number of rotatable bonds is 6. The summed E-state index contributed by atoms with van der Waals surface area (Å²) in [4.78, 5) is 31.1. The molecule has 0 aliphatic carbocycles. The van der Waals surface area contributed by atoms with Crippen molar-refractivity contribution in [3.05, 3.63) is 54.4 Å². The fourth-order valence-electron chi connectivity index (χ4n) is 2.31. The Hall–Kier alpha value is -3.35.